The number of nitrogens with zero attached hydrogens (tertiary/aromatic N) is 2. The van der Waals surface area contributed by atoms with Gasteiger partial charge in [-0.1, -0.05) is 29.5 Å². The summed E-state index contributed by atoms with van der Waals surface area (Å²) in [4.78, 5) is 27.5. The minimum Gasteiger partial charge on any atom is -0.494 e. The van der Waals surface area contributed by atoms with E-state index in [4.69, 9.17) is 9.47 Å². The van der Waals surface area contributed by atoms with Crippen molar-refractivity contribution >= 4 is 38.3 Å². The number of hydrogen-bond donors (Lipinski definition) is 1. The van der Waals surface area contributed by atoms with Crippen LogP contribution in [-0.2, 0) is 4.79 Å². The molecule has 3 aromatic rings. The molecule has 1 N–H and O–H groups in total. The van der Waals surface area contributed by atoms with E-state index in [1.807, 2.05) is 18.2 Å². The Labute approximate surface area is 158 Å². The number of methoxy groups -OCH3 is 1. The normalized spacial score (nSPS) is 11.2. The third kappa shape index (κ3) is 3.98. The number of hydrogen-bond acceptors (Lipinski definition) is 7. The van der Waals surface area contributed by atoms with Crippen LogP contribution >= 0.6 is 11.3 Å². The Morgan fingerprint density at radius 3 is 2.59 bits per heavy atom. The van der Waals surface area contributed by atoms with Gasteiger partial charge in [0.15, 0.2) is 16.5 Å². The predicted octanol–water partition coefficient (Wildman–Crippen LogP) is 4.01. The number of anilines is 1. The van der Waals surface area contributed by atoms with Crippen LogP contribution in [0.4, 0.5) is 10.8 Å². The molecule has 27 heavy (non-hydrogen) atoms. The fraction of sp³-hybridized carbons (Fsp3) is 0.222. The molecule has 0 saturated heterocycles. The van der Waals surface area contributed by atoms with Gasteiger partial charge in [-0.15, -0.1) is 0 Å². The summed E-state index contributed by atoms with van der Waals surface area (Å²) >= 11 is 1.13. The first-order chi connectivity index (χ1) is 12.8. The van der Waals surface area contributed by atoms with Crippen molar-refractivity contribution in [3.05, 3.63) is 52.6 Å². The molecule has 0 bridgehead atoms. The Kier molecular flexibility index (Phi) is 4.95. The summed E-state index contributed by atoms with van der Waals surface area (Å²) in [5.41, 5.74) is -0.797. The van der Waals surface area contributed by atoms with E-state index >= 15 is 0 Å². The third-order valence-corrected chi connectivity index (χ3v) is 4.68. The molecular weight excluding hydrogens is 370 g/mol. The number of aromatic nitrogens is 1. The van der Waals surface area contributed by atoms with Crippen LogP contribution in [0.5, 0.6) is 11.5 Å². The molecule has 1 aromatic heterocycles. The number of rotatable bonds is 6. The molecule has 0 spiro atoms. The topological polar surface area (TPSA) is 104 Å². The molecular formula is C18H17N3O5S. The lowest BCUT2D eigenvalue weighted by molar-refractivity contribution is -0.384. The number of carbonyl (C=O) groups is 1. The Morgan fingerprint density at radius 2 is 1.96 bits per heavy atom. The molecule has 2 aromatic carbocycles. The van der Waals surface area contributed by atoms with Gasteiger partial charge in [-0.2, -0.15) is 0 Å². The maximum atomic E-state index is 12.6. The Balaban J connectivity index is 1.85. The zero-order valence-electron chi connectivity index (χ0n) is 14.9. The largest absolute Gasteiger partial charge is 0.494 e. The standard InChI is InChI=1S/C18H17N3O5S/c1-18(2,26-12-7-5-4-6-8-12)16(22)20-17-19-15-13(25-3)9-11(21(23)24)10-14(15)27-17/h4-10H,1-3H3,(H,19,20,22). The van der Waals surface area contributed by atoms with Crippen molar-refractivity contribution in [2.45, 2.75) is 19.4 Å². The van der Waals surface area contributed by atoms with E-state index in [-0.39, 0.29) is 17.3 Å². The average molecular weight is 387 g/mol. The molecule has 1 amide bonds. The lowest BCUT2D eigenvalue weighted by atomic mass is 10.1. The quantitative estimate of drug-likeness (QED) is 0.506. The van der Waals surface area contributed by atoms with Gasteiger partial charge < -0.3 is 9.47 Å². The number of nitrogens with one attached hydrogen (secondary N) is 1. The molecule has 8 nitrogen and oxygen atoms in total. The van der Waals surface area contributed by atoms with Crippen LogP contribution < -0.4 is 14.8 Å². The fourth-order valence-corrected chi connectivity index (χ4v) is 3.29. The zero-order chi connectivity index (χ0) is 19.6. The van der Waals surface area contributed by atoms with Crippen LogP contribution in [0.25, 0.3) is 10.2 Å². The smallest absolute Gasteiger partial charge is 0.274 e. The first kappa shape index (κ1) is 18.6. The number of amides is 1. The number of non-ortho nitro benzene ring substituents is 1. The van der Waals surface area contributed by atoms with E-state index in [2.05, 4.69) is 10.3 Å². The van der Waals surface area contributed by atoms with E-state index in [0.29, 0.717) is 21.1 Å². The molecule has 0 saturated carbocycles. The lowest BCUT2D eigenvalue weighted by Gasteiger charge is -2.24. The second-order valence-electron chi connectivity index (χ2n) is 6.15. The highest BCUT2D eigenvalue weighted by Gasteiger charge is 2.31. The molecule has 0 aliphatic rings. The van der Waals surface area contributed by atoms with E-state index in [0.717, 1.165) is 11.3 Å². The van der Waals surface area contributed by atoms with Gasteiger partial charge in [-0.05, 0) is 26.0 Å². The molecule has 140 valence electrons. The maximum absolute atomic E-state index is 12.6. The summed E-state index contributed by atoms with van der Waals surface area (Å²) in [6, 6.07) is 11.7. The van der Waals surface area contributed by atoms with Crippen molar-refractivity contribution in [1.82, 2.24) is 4.98 Å². The van der Waals surface area contributed by atoms with Crippen LogP contribution in [0.3, 0.4) is 0 Å². The number of nitro groups is 1. The number of para-hydroxylation sites is 1. The van der Waals surface area contributed by atoms with Gasteiger partial charge >= 0.3 is 0 Å². The Hall–Kier alpha value is -3.20. The number of ether oxygens (including phenoxy) is 2. The number of benzene rings is 2. The predicted molar refractivity (Wildman–Crippen MR) is 103 cm³/mol. The highest BCUT2D eigenvalue weighted by molar-refractivity contribution is 7.22. The molecule has 0 aliphatic carbocycles. The SMILES string of the molecule is COc1cc([N+](=O)[O-])cc2sc(NC(=O)C(C)(C)Oc3ccccc3)nc12. The van der Waals surface area contributed by atoms with Gasteiger partial charge in [-0.3, -0.25) is 20.2 Å². The first-order valence-corrected chi connectivity index (χ1v) is 8.80. The third-order valence-electron chi connectivity index (χ3n) is 3.76. The zero-order valence-corrected chi connectivity index (χ0v) is 15.7. The van der Waals surface area contributed by atoms with Crippen LogP contribution in [-0.4, -0.2) is 28.5 Å². The average Bonchev–Trinajstić information content (AvgIpc) is 3.03. The van der Waals surface area contributed by atoms with Crippen LogP contribution in [0.2, 0.25) is 0 Å². The molecule has 3 rings (SSSR count). The second kappa shape index (κ2) is 7.20. The Morgan fingerprint density at radius 1 is 1.26 bits per heavy atom. The molecule has 0 aliphatic heterocycles. The number of carbonyl (C=O) groups excluding carboxylic acids is 1. The van der Waals surface area contributed by atoms with E-state index in [1.54, 1.807) is 26.0 Å². The van der Waals surface area contributed by atoms with Gasteiger partial charge in [-0.25, -0.2) is 4.98 Å². The minimum atomic E-state index is -1.14. The van der Waals surface area contributed by atoms with Gasteiger partial charge in [0, 0.05) is 6.07 Å². The van der Waals surface area contributed by atoms with Crippen molar-refractivity contribution in [1.29, 1.82) is 0 Å². The van der Waals surface area contributed by atoms with E-state index < -0.39 is 10.5 Å². The second-order valence-corrected chi connectivity index (χ2v) is 7.18. The van der Waals surface area contributed by atoms with Gasteiger partial charge in [0.25, 0.3) is 11.6 Å². The highest BCUT2D eigenvalue weighted by atomic mass is 32.1. The van der Waals surface area contributed by atoms with Crippen LogP contribution in [0, 0.1) is 10.1 Å². The van der Waals surface area contributed by atoms with E-state index in [1.165, 1.54) is 19.2 Å². The molecule has 0 unspecified atom stereocenters. The summed E-state index contributed by atoms with van der Waals surface area (Å²) in [7, 11) is 1.41. The molecule has 1 heterocycles. The molecule has 9 heteroatoms. The van der Waals surface area contributed by atoms with Crippen molar-refractivity contribution in [2.75, 3.05) is 12.4 Å². The summed E-state index contributed by atoms with van der Waals surface area (Å²) < 4.78 is 11.5. The highest BCUT2D eigenvalue weighted by Crippen LogP contribution is 2.36. The van der Waals surface area contributed by atoms with Crippen molar-refractivity contribution in [3.8, 4) is 11.5 Å². The monoisotopic (exact) mass is 387 g/mol. The lowest BCUT2D eigenvalue weighted by Crippen LogP contribution is -2.42. The first-order valence-electron chi connectivity index (χ1n) is 7.98. The summed E-state index contributed by atoms with van der Waals surface area (Å²) in [5.74, 6) is 0.453. The minimum absolute atomic E-state index is 0.103. The van der Waals surface area contributed by atoms with Crippen molar-refractivity contribution < 1.29 is 19.2 Å². The molecule has 0 radical (unpaired) electrons. The number of thiazole rings is 1. The Bertz CT molecular complexity index is 1000. The summed E-state index contributed by atoms with van der Waals surface area (Å²) in [5, 5.41) is 14.1. The molecule has 0 fully saturated rings. The number of fused-ring (bicyclic) bond motifs is 1. The van der Waals surface area contributed by atoms with Gasteiger partial charge in [0.1, 0.15) is 11.3 Å². The van der Waals surface area contributed by atoms with Crippen LogP contribution in [0.1, 0.15) is 13.8 Å². The van der Waals surface area contributed by atoms with Gasteiger partial charge in [0.2, 0.25) is 0 Å². The molecule has 0 atom stereocenters. The number of nitro benzene ring substituents is 1. The van der Waals surface area contributed by atoms with E-state index in [9.17, 15) is 14.9 Å². The summed E-state index contributed by atoms with van der Waals surface area (Å²) in [6.07, 6.45) is 0. The summed E-state index contributed by atoms with van der Waals surface area (Å²) in [6.45, 7) is 3.29. The van der Waals surface area contributed by atoms with Crippen LogP contribution in [0.15, 0.2) is 42.5 Å². The van der Waals surface area contributed by atoms with Crippen molar-refractivity contribution in [3.63, 3.8) is 0 Å². The van der Waals surface area contributed by atoms with Crippen molar-refractivity contribution in [2.24, 2.45) is 0 Å². The maximum Gasteiger partial charge on any atom is 0.274 e. The fourth-order valence-electron chi connectivity index (χ4n) is 2.38. The van der Waals surface area contributed by atoms with Gasteiger partial charge in [0.05, 0.1) is 22.8 Å².